The smallest absolute Gasteiger partial charge is 0.326 e. The van der Waals surface area contributed by atoms with Gasteiger partial charge < -0.3 is 26.2 Å². The van der Waals surface area contributed by atoms with Gasteiger partial charge in [-0.2, -0.15) is 0 Å². The zero-order chi connectivity index (χ0) is 16.0. The molecule has 5 N–H and O–H groups in total. The Labute approximate surface area is 121 Å². The quantitative estimate of drug-likeness (QED) is 0.441. The SMILES string of the molecule is NCC(=O)N1CCC[C@@H]1C(=O)N[C@@H](CCC(=O)O)C(=O)O. The van der Waals surface area contributed by atoms with Crippen LogP contribution in [0.3, 0.4) is 0 Å². The number of carbonyl (C=O) groups excluding carboxylic acids is 2. The molecular formula is C12H19N3O6. The maximum atomic E-state index is 12.1. The molecule has 21 heavy (non-hydrogen) atoms. The summed E-state index contributed by atoms with van der Waals surface area (Å²) in [6.45, 7) is 0.187. The van der Waals surface area contributed by atoms with Gasteiger partial charge in [-0.3, -0.25) is 14.4 Å². The van der Waals surface area contributed by atoms with Crippen molar-refractivity contribution < 1.29 is 29.4 Å². The number of nitrogens with one attached hydrogen (secondary N) is 1. The third kappa shape index (κ3) is 4.71. The second-order valence-electron chi connectivity index (χ2n) is 4.78. The molecule has 9 nitrogen and oxygen atoms in total. The summed E-state index contributed by atoms with van der Waals surface area (Å²) >= 11 is 0. The molecule has 0 unspecified atom stereocenters. The summed E-state index contributed by atoms with van der Waals surface area (Å²) in [5, 5.41) is 19.8. The number of hydrogen-bond donors (Lipinski definition) is 4. The van der Waals surface area contributed by atoms with Crippen molar-refractivity contribution in [2.24, 2.45) is 5.73 Å². The molecule has 2 amide bonds. The van der Waals surface area contributed by atoms with Crippen LogP contribution in [0.25, 0.3) is 0 Å². The van der Waals surface area contributed by atoms with Crippen LogP contribution in [0.2, 0.25) is 0 Å². The highest BCUT2D eigenvalue weighted by Crippen LogP contribution is 2.17. The van der Waals surface area contributed by atoms with Gasteiger partial charge in [0, 0.05) is 13.0 Å². The molecule has 1 rings (SSSR count). The number of rotatable bonds is 7. The summed E-state index contributed by atoms with van der Waals surface area (Å²) < 4.78 is 0. The van der Waals surface area contributed by atoms with Crippen LogP contribution in [0.1, 0.15) is 25.7 Å². The van der Waals surface area contributed by atoms with Gasteiger partial charge in [-0.05, 0) is 19.3 Å². The van der Waals surface area contributed by atoms with Crippen molar-refractivity contribution in [2.75, 3.05) is 13.1 Å². The van der Waals surface area contributed by atoms with E-state index < -0.39 is 29.9 Å². The van der Waals surface area contributed by atoms with Crippen LogP contribution in [0.5, 0.6) is 0 Å². The van der Waals surface area contributed by atoms with Gasteiger partial charge in [-0.1, -0.05) is 0 Å². The normalized spacial score (nSPS) is 19.1. The lowest BCUT2D eigenvalue weighted by Gasteiger charge is -2.25. The second-order valence-corrected chi connectivity index (χ2v) is 4.78. The van der Waals surface area contributed by atoms with Gasteiger partial charge in [-0.15, -0.1) is 0 Å². The van der Waals surface area contributed by atoms with Crippen LogP contribution in [0.15, 0.2) is 0 Å². The first-order chi connectivity index (χ1) is 9.86. The van der Waals surface area contributed by atoms with E-state index >= 15 is 0 Å². The van der Waals surface area contributed by atoms with Crippen molar-refractivity contribution in [1.29, 1.82) is 0 Å². The number of amides is 2. The topological polar surface area (TPSA) is 150 Å². The first-order valence-corrected chi connectivity index (χ1v) is 6.61. The molecule has 0 aromatic rings. The number of nitrogens with two attached hydrogens (primary N) is 1. The van der Waals surface area contributed by atoms with Crippen LogP contribution < -0.4 is 11.1 Å². The van der Waals surface area contributed by atoms with Crippen LogP contribution in [-0.2, 0) is 19.2 Å². The zero-order valence-electron chi connectivity index (χ0n) is 11.4. The minimum atomic E-state index is -1.31. The van der Waals surface area contributed by atoms with E-state index in [9.17, 15) is 19.2 Å². The van der Waals surface area contributed by atoms with E-state index in [0.29, 0.717) is 19.4 Å². The summed E-state index contributed by atoms with van der Waals surface area (Å²) in [5.74, 6) is -3.41. The average molecular weight is 301 g/mol. The molecule has 1 fully saturated rings. The molecule has 2 atom stereocenters. The fourth-order valence-corrected chi connectivity index (χ4v) is 2.25. The van der Waals surface area contributed by atoms with E-state index in [0.717, 1.165) is 0 Å². The van der Waals surface area contributed by atoms with Crippen molar-refractivity contribution in [3.63, 3.8) is 0 Å². The first kappa shape index (κ1) is 16.9. The fraction of sp³-hybridized carbons (Fsp3) is 0.667. The maximum Gasteiger partial charge on any atom is 0.326 e. The predicted octanol–water partition coefficient (Wildman–Crippen LogP) is -1.63. The van der Waals surface area contributed by atoms with E-state index in [-0.39, 0.29) is 25.3 Å². The number of carboxylic acids is 2. The van der Waals surface area contributed by atoms with E-state index in [2.05, 4.69) is 5.32 Å². The fourth-order valence-electron chi connectivity index (χ4n) is 2.25. The average Bonchev–Trinajstić information content (AvgIpc) is 2.91. The number of hydrogen-bond acceptors (Lipinski definition) is 5. The molecule has 9 heteroatoms. The Morgan fingerprint density at radius 1 is 1.29 bits per heavy atom. The molecule has 1 aliphatic rings. The van der Waals surface area contributed by atoms with Gasteiger partial charge in [0.25, 0.3) is 0 Å². The van der Waals surface area contributed by atoms with Gasteiger partial charge in [0.2, 0.25) is 11.8 Å². The van der Waals surface area contributed by atoms with Crippen LogP contribution >= 0.6 is 0 Å². The minimum absolute atomic E-state index is 0.214. The van der Waals surface area contributed by atoms with E-state index in [4.69, 9.17) is 15.9 Å². The van der Waals surface area contributed by atoms with E-state index in [1.54, 1.807) is 0 Å². The third-order valence-corrected chi connectivity index (χ3v) is 3.31. The predicted molar refractivity (Wildman–Crippen MR) is 70.2 cm³/mol. The molecular weight excluding hydrogens is 282 g/mol. The number of likely N-dealkylation sites (tertiary alicyclic amines) is 1. The Kier molecular flexibility index (Phi) is 6.10. The Bertz CT molecular complexity index is 439. The largest absolute Gasteiger partial charge is 0.481 e. The van der Waals surface area contributed by atoms with Crippen LogP contribution in [0, 0.1) is 0 Å². The zero-order valence-corrected chi connectivity index (χ0v) is 11.4. The van der Waals surface area contributed by atoms with Gasteiger partial charge in [0.15, 0.2) is 0 Å². The van der Waals surface area contributed by atoms with Gasteiger partial charge in [0.1, 0.15) is 12.1 Å². The Balaban J connectivity index is 2.66. The van der Waals surface area contributed by atoms with Crippen molar-refractivity contribution >= 4 is 23.8 Å². The first-order valence-electron chi connectivity index (χ1n) is 6.61. The molecule has 0 radical (unpaired) electrons. The van der Waals surface area contributed by atoms with E-state index in [1.165, 1.54) is 4.90 Å². The van der Waals surface area contributed by atoms with Crippen LogP contribution in [0.4, 0.5) is 0 Å². The number of carboxylic acid groups (broad SMARTS) is 2. The van der Waals surface area contributed by atoms with Crippen molar-refractivity contribution in [3.8, 4) is 0 Å². The molecule has 118 valence electrons. The molecule has 0 aromatic heterocycles. The van der Waals surface area contributed by atoms with Gasteiger partial charge in [-0.25, -0.2) is 4.79 Å². The Morgan fingerprint density at radius 2 is 1.95 bits per heavy atom. The standard InChI is InChI=1S/C12H19N3O6/c13-6-9(16)15-5-1-2-8(15)11(19)14-7(12(20)21)3-4-10(17)18/h7-8H,1-6,13H2,(H,14,19)(H,17,18)(H,20,21)/t7-,8+/m0/s1. The Hall–Kier alpha value is -2.16. The lowest BCUT2D eigenvalue weighted by Crippen LogP contribution is -2.51. The number of carbonyl (C=O) groups is 4. The second kappa shape index (κ2) is 7.58. The highest BCUT2D eigenvalue weighted by Gasteiger charge is 2.35. The van der Waals surface area contributed by atoms with Crippen molar-refractivity contribution in [1.82, 2.24) is 10.2 Å². The van der Waals surface area contributed by atoms with Crippen LogP contribution in [-0.4, -0.2) is 64.0 Å². The van der Waals surface area contributed by atoms with Crippen molar-refractivity contribution in [2.45, 2.75) is 37.8 Å². The molecule has 0 aromatic carbocycles. The molecule has 1 heterocycles. The summed E-state index contributed by atoms with van der Waals surface area (Å²) in [7, 11) is 0. The molecule has 1 aliphatic heterocycles. The Morgan fingerprint density at radius 3 is 2.48 bits per heavy atom. The molecule has 1 saturated heterocycles. The lowest BCUT2D eigenvalue weighted by molar-refractivity contribution is -0.144. The lowest BCUT2D eigenvalue weighted by atomic mass is 10.1. The van der Waals surface area contributed by atoms with Gasteiger partial charge in [0.05, 0.1) is 6.54 Å². The molecule has 0 saturated carbocycles. The summed E-state index contributed by atoms with van der Waals surface area (Å²) in [4.78, 5) is 46.5. The maximum absolute atomic E-state index is 12.1. The summed E-state index contributed by atoms with van der Waals surface area (Å²) in [6, 6.07) is -2.03. The summed E-state index contributed by atoms with van der Waals surface area (Å²) in [6.07, 6.45) is 0.487. The van der Waals surface area contributed by atoms with Crippen molar-refractivity contribution in [3.05, 3.63) is 0 Å². The number of nitrogens with zero attached hydrogens (tertiary/aromatic N) is 1. The third-order valence-electron chi connectivity index (χ3n) is 3.31. The highest BCUT2D eigenvalue weighted by atomic mass is 16.4. The molecule has 0 aliphatic carbocycles. The molecule has 0 spiro atoms. The highest BCUT2D eigenvalue weighted by molar-refractivity contribution is 5.91. The number of aliphatic carboxylic acids is 2. The van der Waals surface area contributed by atoms with Gasteiger partial charge >= 0.3 is 11.9 Å². The monoisotopic (exact) mass is 301 g/mol. The summed E-state index contributed by atoms with van der Waals surface area (Å²) in [5.41, 5.74) is 5.26. The minimum Gasteiger partial charge on any atom is -0.481 e. The van der Waals surface area contributed by atoms with E-state index in [1.807, 2.05) is 0 Å². The molecule has 0 bridgehead atoms.